The van der Waals surface area contributed by atoms with Gasteiger partial charge in [-0.05, 0) is 59.5 Å². The molecule has 0 aromatic heterocycles. The number of carbonyl (C=O) groups is 2. The van der Waals surface area contributed by atoms with Gasteiger partial charge in [-0.1, -0.05) is 66.9 Å². The van der Waals surface area contributed by atoms with Crippen molar-refractivity contribution < 1.29 is 32.2 Å². The highest BCUT2D eigenvalue weighted by Crippen LogP contribution is 2.44. The summed E-state index contributed by atoms with van der Waals surface area (Å²) in [5.41, 5.74) is 1.32. The van der Waals surface area contributed by atoms with Crippen LogP contribution in [0.4, 0.5) is 4.39 Å². The van der Waals surface area contributed by atoms with Gasteiger partial charge in [-0.15, -0.1) is 0 Å². The molecule has 1 aliphatic heterocycles. The average molecular weight is 609 g/mol. The normalized spacial score (nSPS) is 20.4. The minimum atomic E-state index is -3.64. The van der Waals surface area contributed by atoms with Crippen LogP contribution >= 0.6 is 23.2 Å². The quantitative estimate of drug-likeness (QED) is 0.318. The Labute approximate surface area is 242 Å². The molecule has 3 aromatic carbocycles. The first-order valence-corrected chi connectivity index (χ1v) is 15.2. The van der Waals surface area contributed by atoms with Crippen LogP contribution in [0.3, 0.4) is 0 Å². The molecule has 4 rings (SSSR count). The number of carbonyl (C=O) groups excluding carboxylic acids is 1. The average Bonchev–Trinajstić information content (AvgIpc) is 2.90. The molecule has 1 amide bonds. The number of ether oxygens (including phenoxy) is 1. The van der Waals surface area contributed by atoms with Crippen molar-refractivity contribution in [1.29, 1.82) is 0 Å². The lowest BCUT2D eigenvalue weighted by Crippen LogP contribution is -2.57. The van der Waals surface area contributed by atoms with Crippen molar-refractivity contribution in [2.24, 2.45) is 0 Å². The number of halogens is 3. The largest absolute Gasteiger partial charge is 0.480 e. The third-order valence-electron chi connectivity index (χ3n) is 6.88. The van der Waals surface area contributed by atoms with Gasteiger partial charge in [0.05, 0.1) is 10.9 Å². The number of morpholine rings is 1. The lowest BCUT2D eigenvalue weighted by Gasteiger charge is -2.47. The predicted octanol–water partition coefficient (Wildman–Crippen LogP) is 6.04. The number of aliphatic carboxylic acids is 1. The van der Waals surface area contributed by atoms with Crippen LogP contribution in [-0.2, 0) is 30.6 Å². The van der Waals surface area contributed by atoms with Crippen LogP contribution in [0.25, 0.3) is 0 Å². The molecule has 0 radical (unpaired) electrons. The summed E-state index contributed by atoms with van der Waals surface area (Å²) in [4.78, 5) is 27.7. The van der Waals surface area contributed by atoms with Crippen molar-refractivity contribution in [3.05, 3.63) is 99.3 Å². The molecule has 212 valence electrons. The van der Waals surface area contributed by atoms with E-state index in [1.165, 1.54) is 17.0 Å². The van der Waals surface area contributed by atoms with Gasteiger partial charge in [0.1, 0.15) is 24.1 Å². The van der Waals surface area contributed by atoms with E-state index in [2.05, 4.69) is 0 Å². The number of amides is 1. The van der Waals surface area contributed by atoms with Crippen LogP contribution < -0.4 is 0 Å². The first-order chi connectivity index (χ1) is 18.9. The van der Waals surface area contributed by atoms with Crippen LogP contribution in [0, 0.1) is 5.82 Å². The lowest BCUT2D eigenvalue weighted by molar-refractivity contribution is -0.184. The summed E-state index contributed by atoms with van der Waals surface area (Å²) in [6, 6.07) is 15.0. The Balaban J connectivity index is 1.85. The summed E-state index contributed by atoms with van der Waals surface area (Å²) in [5.74, 6) is -2.59. The predicted molar refractivity (Wildman–Crippen MR) is 150 cm³/mol. The van der Waals surface area contributed by atoms with Crippen LogP contribution in [0.15, 0.2) is 71.6 Å². The Morgan fingerprint density at radius 2 is 1.60 bits per heavy atom. The second kappa shape index (κ2) is 12.3. The number of rotatable bonds is 9. The van der Waals surface area contributed by atoms with Gasteiger partial charge in [-0.3, -0.25) is 4.79 Å². The van der Waals surface area contributed by atoms with Gasteiger partial charge >= 0.3 is 5.97 Å². The standard InChI is InChI=1S/C29H28Cl2FNO6S/c1-3-4-24(29(35)36)33-26(17-5-10-20(30)11-6-17)27(18-7-12-21(31)13-8-18)39-25(28(33)34)15-19-9-14-22(16-23(19)32)40(2,37)38/h5-14,16,24-27H,3-4,15H2,1-2H3,(H,35,36)/t24-,25-,26+,27-/m1/s1. The summed E-state index contributed by atoms with van der Waals surface area (Å²) >= 11 is 12.2. The summed E-state index contributed by atoms with van der Waals surface area (Å²) in [6.45, 7) is 1.82. The summed E-state index contributed by atoms with van der Waals surface area (Å²) in [7, 11) is -3.64. The Morgan fingerprint density at radius 1 is 1.02 bits per heavy atom. The van der Waals surface area contributed by atoms with Gasteiger partial charge in [0.25, 0.3) is 5.91 Å². The zero-order valence-corrected chi connectivity index (χ0v) is 24.1. The molecule has 1 saturated heterocycles. The van der Waals surface area contributed by atoms with Crippen molar-refractivity contribution in [3.63, 3.8) is 0 Å². The van der Waals surface area contributed by atoms with Gasteiger partial charge in [-0.25, -0.2) is 17.6 Å². The van der Waals surface area contributed by atoms with Gasteiger partial charge in [-0.2, -0.15) is 0 Å². The van der Waals surface area contributed by atoms with Crippen molar-refractivity contribution >= 4 is 44.9 Å². The van der Waals surface area contributed by atoms with Crippen LogP contribution in [-0.4, -0.2) is 48.7 Å². The maximum Gasteiger partial charge on any atom is 0.326 e. The SMILES string of the molecule is CCC[C@H](C(=O)O)N1C(=O)[C@@H](Cc2ccc(S(C)(=O)=O)cc2F)O[C@H](c2ccc(Cl)cc2)[C@@H]1c1ccc(Cl)cc1. The van der Waals surface area contributed by atoms with Gasteiger partial charge in [0.15, 0.2) is 9.84 Å². The number of nitrogens with zero attached hydrogens (tertiary/aromatic N) is 1. The number of carboxylic acids is 1. The molecule has 1 fully saturated rings. The van der Waals surface area contributed by atoms with Crippen LogP contribution in [0.2, 0.25) is 10.0 Å². The Morgan fingerprint density at radius 3 is 2.10 bits per heavy atom. The Kier molecular flexibility index (Phi) is 9.19. The van der Waals surface area contributed by atoms with E-state index < -0.39 is 51.8 Å². The number of sulfone groups is 1. The smallest absolute Gasteiger partial charge is 0.326 e. The van der Waals surface area contributed by atoms with Crippen molar-refractivity contribution in [2.45, 2.75) is 55.4 Å². The maximum atomic E-state index is 15.0. The lowest BCUT2D eigenvalue weighted by atomic mass is 9.88. The van der Waals surface area contributed by atoms with E-state index in [1.807, 2.05) is 6.92 Å². The topological polar surface area (TPSA) is 101 Å². The van der Waals surface area contributed by atoms with E-state index in [9.17, 15) is 23.1 Å². The first kappa shape index (κ1) is 30.0. The fourth-order valence-corrected chi connectivity index (χ4v) is 5.81. The van der Waals surface area contributed by atoms with Crippen LogP contribution in [0.5, 0.6) is 0 Å². The zero-order valence-electron chi connectivity index (χ0n) is 21.8. The molecule has 1 N–H and O–H groups in total. The molecule has 0 aliphatic carbocycles. The van der Waals surface area contributed by atoms with Gasteiger partial charge < -0.3 is 14.7 Å². The molecule has 0 saturated carbocycles. The minimum absolute atomic E-state index is 0.0628. The molecule has 3 aromatic rings. The number of benzene rings is 3. The number of hydrogen-bond acceptors (Lipinski definition) is 5. The van der Waals surface area contributed by atoms with E-state index in [4.69, 9.17) is 27.9 Å². The monoisotopic (exact) mass is 607 g/mol. The number of carboxylic acid groups (broad SMARTS) is 1. The second-order valence-corrected chi connectivity index (χ2v) is 12.6. The molecular formula is C29H28Cl2FNO6S. The summed E-state index contributed by atoms with van der Waals surface area (Å²) in [5, 5.41) is 11.2. The molecule has 1 heterocycles. The first-order valence-electron chi connectivity index (χ1n) is 12.6. The van der Waals surface area contributed by atoms with Crippen LogP contribution in [0.1, 0.15) is 48.6 Å². The van der Waals surface area contributed by atoms with Crippen molar-refractivity contribution in [3.8, 4) is 0 Å². The Bertz CT molecular complexity index is 1500. The highest BCUT2D eigenvalue weighted by Gasteiger charge is 2.48. The van der Waals surface area contributed by atoms with E-state index in [0.29, 0.717) is 27.6 Å². The molecule has 0 spiro atoms. The molecule has 11 heteroatoms. The van der Waals surface area contributed by atoms with Crippen molar-refractivity contribution in [1.82, 2.24) is 4.90 Å². The zero-order chi connectivity index (χ0) is 29.2. The maximum absolute atomic E-state index is 15.0. The minimum Gasteiger partial charge on any atom is -0.480 e. The molecule has 4 atom stereocenters. The number of hydrogen-bond donors (Lipinski definition) is 1. The van der Waals surface area contributed by atoms with E-state index >= 15 is 4.39 Å². The van der Waals surface area contributed by atoms with E-state index in [0.717, 1.165) is 12.3 Å². The molecule has 0 unspecified atom stereocenters. The molecule has 40 heavy (non-hydrogen) atoms. The fourth-order valence-electron chi connectivity index (χ4n) is 4.93. The van der Waals surface area contributed by atoms with Crippen molar-refractivity contribution in [2.75, 3.05) is 6.26 Å². The molecule has 7 nitrogen and oxygen atoms in total. The molecule has 1 aliphatic rings. The summed E-state index contributed by atoms with van der Waals surface area (Å²) < 4.78 is 45.2. The molecule has 0 bridgehead atoms. The summed E-state index contributed by atoms with van der Waals surface area (Å²) in [6.07, 6.45) is -0.670. The third-order valence-corrected chi connectivity index (χ3v) is 8.49. The highest BCUT2D eigenvalue weighted by molar-refractivity contribution is 7.90. The highest BCUT2D eigenvalue weighted by atomic mass is 35.5. The van der Waals surface area contributed by atoms with Gasteiger partial charge in [0, 0.05) is 22.7 Å². The molecular weight excluding hydrogens is 580 g/mol. The fraction of sp³-hybridized carbons (Fsp3) is 0.310. The van der Waals surface area contributed by atoms with Gasteiger partial charge in [0.2, 0.25) is 0 Å². The second-order valence-electron chi connectivity index (χ2n) is 9.71. The Hall–Kier alpha value is -2.98. The van der Waals surface area contributed by atoms with E-state index in [1.54, 1.807) is 48.5 Å². The third kappa shape index (κ3) is 6.49. The van der Waals surface area contributed by atoms with E-state index in [-0.39, 0.29) is 23.3 Å².